The average Bonchev–Trinajstić information content (AvgIpc) is 2.48. The zero-order valence-electron chi connectivity index (χ0n) is 12.2. The van der Waals surface area contributed by atoms with E-state index in [1.165, 1.54) is 12.1 Å². The standard InChI is InChI=1S/C14H19N3O4/c1-3-21-13-5-4-11(10-12(13)17(19)20)14(18)16-8-6-15(2)7-9-16/h4-5,10H,3,6-9H2,1-2H3. The Balaban J connectivity index is 2.21. The van der Waals surface area contributed by atoms with Crippen molar-refractivity contribution in [3.63, 3.8) is 0 Å². The van der Waals surface area contributed by atoms with E-state index in [1.807, 2.05) is 7.05 Å². The summed E-state index contributed by atoms with van der Waals surface area (Å²) in [5.41, 5.74) is 0.159. The molecule has 114 valence electrons. The molecule has 1 aromatic rings. The van der Waals surface area contributed by atoms with Gasteiger partial charge in [-0.15, -0.1) is 0 Å². The van der Waals surface area contributed by atoms with Gasteiger partial charge in [0, 0.05) is 37.8 Å². The molecule has 21 heavy (non-hydrogen) atoms. The second-order valence-electron chi connectivity index (χ2n) is 4.97. The Morgan fingerprint density at radius 3 is 2.57 bits per heavy atom. The first-order chi connectivity index (χ1) is 10.0. The molecule has 0 bridgehead atoms. The van der Waals surface area contributed by atoms with E-state index in [1.54, 1.807) is 17.9 Å². The van der Waals surface area contributed by atoms with Gasteiger partial charge in [0.2, 0.25) is 0 Å². The molecule has 0 spiro atoms. The Hall–Kier alpha value is -2.15. The van der Waals surface area contributed by atoms with E-state index in [0.717, 1.165) is 13.1 Å². The highest BCUT2D eigenvalue weighted by molar-refractivity contribution is 5.95. The summed E-state index contributed by atoms with van der Waals surface area (Å²) in [6.45, 7) is 4.99. The van der Waals surface area contributed by atoms with Gasteiger partial charge in [0.05, 0.1) is 11.5 Å². The van der Waals surface area contributed by atoms with Gasteiger partial charge in [-0.2, -0.15) is 0 Å². The molecule has 0 atom stereocenters. The lowest BCUT2D eigenvalue weighted by atomic mass is 10.1. The maximum atomic E-state index is 12.4. The van der Waals surface area contributed by atoms with Gasteiger partial charge in [-0.25, -0.2) is 0 Å². The number of nitro groups is 1. The fourth-order valence-corrected chi connectivity index (χ4v) is 2.26. The van der Waals surface area contributed by atoms with Crippen molar-refractivity contribution < 1.29 is 14.5 Å². The molecule has 1 aliphatic heterocycles. The zero-order valence-corrected chi connectivity index (χ0v) is 12.2. The monoisotopic (exact) mass is 293 g/mol. The number of nitro benzene ring substituents is 1. The zero-order chi connectivity index (χ0) is 15.4. The highest BCUT2D eigenvalue weighted by atomic mass is 16.6. The van der Waals surface area contributed by atoms with Crippen LogP contribution in [0.15, 0.2) is 18.2 Å². The molecule has 1 aromatic carbocycles. The molecule has 1 amide bonds. The molecule has 0 aliphatic carbocycles. The van der Waals surface area contributed by atoms with E-state index in [9.17, 15) is 14.9 Å². The summed E-state index contributed by atoms with van der Waals surface area (Å²) in [6.07, 6.45) is 0. The topological polar surface area (TPSA) is 75.9 Å². The van der Waals surface area contributed by atoms with Crippen molar-refractivity contribution in [2.24, 2.45) is 0 Å². The predicted octanol–water partition coefficient (Wildman–Crippen LogP) is 1.38. The van der Waals surface area contributed by atoms with E-state index < -0.39 is 4.92 Å². The van der Waals surface area contributed by atoms with Crippen LogP contribution in [0.3, 0.4) is 0 Å². The molecule has 1 heterocycles. The summed E-state index contributed by atoms with van der Waals surface area (Å²) in [5.74, 6) is 0.0201. The second kappa shape index (κ2) is 6.53. The van der Waals surface area contributed by atoms with Gasteiger partial charge in [-0.1, -0.05) is 0 Å². The SMILES string of the molecule is CCOc1ccc(C(=O)N2CCN(C)CC2)cc1[N+](=O)[O-]. The van der Waals surface area contributed by atoms with Crippen LogP contribution >= 0.6 is 0 Å². The maximum absolute atomic E-state index is 12.4. The normalized spacial score (nSPS) is 15.8. The average molecular weight is 293 g/mol. The number of rotatable bonds is 4. The highest BCUT2D eigenvalue weighted by Crippen LogP contribution is 2.28. The molecule has 0 unspecified atom stereocenters. The van der Waals surface area contributed by atoms with Crippen molar-refractivity contribution in [3.8, 4) is 5.75 Å². The molecule has 1 aliphatic rings. The van der Waals surface area contributed by atoms with Gasteiger partial charge in [-0.05, 0) is 26.1 Å². The molecule has 0 N–H and O–H groups in total. The number of piperazine rings is 1. The number of hydrogen-bond acceptors (Lipinski definition) is 5. The van der Waals surface area contributed by atoms with Crippen molar-refractivity contribution >= 4 is 11.6 Å². The fraction of sp³-hybridized carbons (Fsp3) is 0.500. The number of hydrogen-bond donors (Lipinski definition) is 0. The lowest BCUT2D eigenvalue weighted by molar-refractivity contribution is -0.385. The number of likely N-dealkylation sites (N-methyl/N-ethyl adjacent to an activating group) is 1. The van der Waals surface area contributed by atoms with Gasteiger partial charge < -0.3 is 14.5 Å². The third-order valence-electron chi connectivity index (χ3n) is 3.49. The van der Waals surface area contributed by atoms with Gasteiger partial charge in [0.15, 0.2) is 5.75 Å². The van der Waals surface area contributed by atoms with Gasteiger partial charge in [0.25, 0.3) is 5.91 Å². The molecule has 2 rings (SSSR count). The highest BCUT2D eigenvalue weighted by Gasteiger charge is 2.24. The molecule has 1 saturated heterocycles. The summed E-state index contributed by atoms with van der Waals surface area (Å²) in [6, 6.07) is 4.37. The molecule has 7 heteroatoms. The molecule has 1 fully saturated rings. The van der Waals surface area contributed by atoms with Crippen LogP contribution in [0.5, 0.6) is 5.75 Å². The quantitative estimate of drug-likeness (QED) is 0.619. The minimum atomic E-state index is -0.522. The first-order valence-corrected chi connectivity index (χ1v) is 6.92. The second-order valence-corrected chi connectivity index (χ2v) is 4.97. The van der Waals surface area contributed by atoms with Crippen LogP contribution in [0.4, 0.5) is 5.69 Å². The number of carbonyl (C=O) groups excluding carboxylic acids is 1. The first-order valence-electron chi connectivity index (χ1n) is 6.92. The Bertz CT molecular complexity index is 539. The summed E-state index contributed by atoms with van der Waals surface area (Å²) in [5, 5.41) is 11.1. The number of benzene rings is 1. The molecular weight excluding hydrogens is 274 g/mol. The van der Waals surface area contributed by atoms with Crippen LogP contribution in [-0.2, 0) is 0 Å². The van der Waals surface area contributed by atoms with Gasteiger partial charge >= 0.3 is 5.69 Å². The van der Waals surface area contributed by atoms with E-state index in [2.05, 4.69) is 4.90 Å². The van der Waals surface area contributed by atoms with Gasteiger partial charge in [0.1, 0.15) is 0 Å². The maximum Gasteiger partial charge on any atom is 0.311 e. The van der Waals surface area contributed by atoms with Crippen molar-refractivity contribution in [1.29, 1.82) is 0 Å². The number of ether oxygens (including phenoxy) is 1. The molecule has 0 saturated carbocycles. The van der Waals surface area contributed by atoms with Crippen molar-refractivity contribution in [3.05, 3.63) is 33.9 Å². The largest absolute Gasteiger partial charge is 0.487 e. The minimum absolute atomic E-state index is 0.170. The van der Waals surface area contributed by atoms with Crippen molar-refractivity contribution in [2.45, 2.75) is 6.92 Å². The first kappa shape index (κ1) is 15.2. The smallest absolute Gasteiger partial charge is 0.311 e. The number of amides is 1. The Labute approximate surface area is 123 Å². The lowest BCUT2D eigenvalue weighted by Gasteiger charge is -2.32. The third kappa shape index (κ3) is 3.49. The summed E-state index contributed by atoms with van der Waals surface area (Å²) in [7, 11) is 2.00. The lowest BCUT2D eigenvalue weighted by Crippen LogP contribution is -2.47. The van der Waals surface area contributed by atoms with E-state index >= 15 is 0 Å². The Morgan fingerprint density at radius 1 is 1.33 bits per heavy atom. The number of nitrogens with zero attached hydrogens (tertiary/aromatic N) is 3. The van der Waals surface area contributed by atoms with Crippen LogP contribution < -0.4 is 4.74 Å². The molecular formula is C14H19N3O4. The van der Waals surface area contributed by atoms with Crippen LogP contribution in [0.1, 0.15) is 17.3 Å². The van der Waals surface area contributed by atoms with E-state index in [0.29, 0.717) is 25.3 Å². The predicted molar refractivity (Wildman–Crippen MR) is 77.7 cm³/mol. The third-order valence-corrected chi connectivity index (χ3v) is 3.49. The molecule has 7 nitrogen and oxygen atoms in total. The van der Waals surface area contributed by atoms with Crippen molar-refractivity contribution in [2.75, 3.05) is 39.8 Å². The van der Waals surface area contributed by atoms with E-state index in [-0.39, 0.29) is 17.3 Å². The Morgan fingerprint density at radius 2 is 2.00 bits per heavy atom. The van der Waals surface area contributed by atoms with Crippen LogP contribution in [0.25, 0.3) is 0 Å². The van der Waals surface area contributed by atoms with Crippen LogP contribution in [0.2, 0.25) is 0 Å². The minimum Gasteiger partial charge on any atom is -0.487 e. The fourth-order valence-electron chi connectivity index (χ4n) is 2.26. The van der Waals surface area contributed by atoms with Crippen LogP contribution in [-0.4, -0.2) is 60.5 Å². The summed E-state index contributed by atoms with van der Waals surface area (Å²) >= 11 is 0. The summed E-state index contributed by atoms with van der Waals surface area (Å²) < 4.78 is 5.22. The number of carbonyl (C=O) groups is 1. The van der Waals surface area contributed by atoms with Crippen LogP contribution in [0, 0.1) is 10.1 Å². The molecule has 0 aromatic heterocycles. The molecule has 0 radical (unpaired) electrons. The van der Waals surface area contributed by atoms with Crippen molar-refractivity contribution in [1.82, 2.24) is 9.80 Å². The van der Waals surface area contributed by atoms with Gasteiger partial charge in [-0.3, -0.25) is 14.9 Å². The van der Waals surface area contributed by atoms with E-state index in [4.69, 9.17) is 4.74 Å². The summed E-state index contributed by atoms with van der Waals surface area (Å²) in [4.78, 5) is 26.8. The Kier molecular flexibility index (Phi) is 4.74.